The topological polar surface area (TPSA) is 12.9 Å². The van der Waals surface area contributed by atoms with Crippen LogP contribution in [0.5, 0.6) is 0 Å². The number of pyridine rings is 1. The van der Waals surface area contributed by atoms with Gasteiger partial charge in [-0.25, -0.2) is 9.37 Å². The Hall–Kier alpha value is -0.440. The smallest absolute Gasteiger partial charge is 0.163 e. The standard InChI is InChI=1S/C5H2BrFN/c6-5-4(7)2-1-3-8-5/h1,3H. The van der Waals surface area contributed by atoms with Crippen LogP contribution in [0.25, 0.3) is 0 Å². The Morgan fingerprint density at radius 2 is 2.50 bits per heavy atom. The minimum atomic E-state index is -0.451. The van der Waals surface area contributed by atoms with Crippen molar-refractivity contribution < 1.29 is 4.39 Å². The first-order valence-corrected chi connectivity index (χ1v) is 2.77. The summed E-state index contributed by atoms with van der Waals surface area (Å²) in [6.07, 6.45) is 1.47. The van der Waals surface area contributed by atoms with E-state index in [1.165, 1.54) is 12.3 Å². The van der Waals surface area contributed by atoms with E-state index in [9.17, 15) is 4.39 Å². The summed E-state index contributed by atoms with van der Waals surface area (Å²) in [6.45, 7) is 0. The highest BCUT2D eigenvalue weighted by molar-refractivity contribution is 9.10. The third-order valence-electron chi connectivity index (χ3n) is 0.654. The van der Waals surface area contributed by atoms with Crippen LogP contribution in [0.1, 0.15) is 0 Å². The highest BCUT2D eigenvalue weighted by Gasteiger charge is 1.93. The molecule has 0 bridgehead atoms. The predicted molar refractivity (Wildman–Crippen MR) is 30.7 cm³/mol. The van der Waals surface area contributed by atoms with Crippen LogP contribution >= 0.6 is 15.9 Å². The first-order chi connectivity index (χ1) is 3.80. The van der Waals surface area contributed by atoms with Crippen molar-refractivity contribution in [2.45, 2.75) is 0 Å². The van der Waals surface area contributed by atoms with E-state index in [4.69, 9.17) is 0 Å². The van der Waals surface area contributed by atoms with Crippen molar-refractivity contribution in [1.29, 1.82) is 0 Å². The molecule has 0 fully saturated rings. The molecule has 1 aromatic heterocycles. The van der Waals surface area contributed by atoms with Crippen LogP contribution in [0, 0.1) is 11.9 Å². The number of rotatable bonds is 0. The zero-order chi connectivity index (χ0) is 5.98. The third kappa shape index (κ3) is 1.04. The molecule has 8 heavy (non-hydrogen) atoms. The number of halogens is 2. The molecule has 0 aliphatic heterocycles. The van der Waals surface area contributed by atoms with Gasteiger partial charge in [-0.15, -0.1) is 0 Å². The summed E-state index contributed by atoms with van der Waals surface area (Å²) in [5, 5.41) is 0. The molecule has 0 atom stereocenters. The Morgan fingerprint density at radius 3 is 2.88 bits per heavy atom. The van der Waals surface area contributed by atoms with Crippen molar-refractivity contribution in [2.75, 3.05) is 0 Å². The molecular formula is C5H2BrFN. The maximum absolute atomic E-state index is 12.2. The van der Waals surface area contributed by atoms with Crippen LogP contribution in [0.15, 0.2) is 16.9 Å². The van der Waals surface area contributed by atoms with Gasteiger partial charge in [-0.2, -0.15) is 0 Å². The highest BCUT2D eigenvalue weighted by Crippen LogP contribution is 2.07. The molecule has 1 radical (unpaired) electrons. The first-order valence-electron chi connectivity index (χ1n) is 1.98. The van der Waals surface area contributed by atoms with Crippen molar-refractivity contribution in [2.24, 2.45) is 0 Å². The molecule has 1 heterocycles. The summed E-state index contributed by atoms with van der Waals surface area (Å²) >= 11 is 2.88. The Kier molecular flexibility index (Phi) is 1.58. The molecule has 41 valence electrons. The molecule has 0 N–H and O–H groups in total. The average Bonchev–Trinajstić information content (AvgIpc) is 1.77. The molecule has 0 spiro atoms. The number of hydrogen-bond acceptors (Lipinski definition) is 1. The molecule has 0 saturated carbocycles. The second-order valence-electron chi connectivity index (χ2n) is 1.19. The highest BCUT2D eigenvalue weighted by atomic mass is 79.9. The summed E-state index contributed by atoms with van der Waals surface area (Å²) < 4.78 is 12.4. The van der Waals surface area contributed by atoms with Gasteiger partial charge in [0.1, 0.15) is 4.60 Å². The Balaban J connectivity index is 3.13. The van der Waals surface area contributed by atoms with E-state index in [1.807, 2.05) is 0 Å². The molecule has 0 saturated heterocycles. The van der Waals surface area contributed by atoms with Crippen LogP contribution < -0.4 is 0 Å². The molecule has 3 heteroatoms. The van der Waals surface area contributed by atoms with E-state index >= 15 is 0 Å². The lowest BCUT2D eigenvalue weighted by Gasteiger charge is -1.85. The van der Waals surface area contributed by atoms with Gasteiger partial charge in [0.2, 0.25) is 0 Å². The number of aromatic nitrogens is 1. The second kappa shape index (κ2) is 2.22. The lowest BCUT2D eigenvalue weighted by Crippen LogP contribution is -1.78. The van der Waals surface area contributed by atoms with E-state index in [2.05, 4.69) is 27.0 Å². The van der Waals surface area contributed by atoms with Crippen molar-refractivity contribution in [3.05, 3.63) is 28.7 Å². The summed E-state index contributed by atoms with van der Waals surface area (Å²) in [7, 11) is 0. The molecule has 0 aliphatic carbocycles. The van der Waals surface area contributed by atoms with Crippen molar-refractivity contribution in [1.82, 2.24) is 4.98 Å². The zero-order valence-corrected chi connectivity index (χ0v) is 5.44. The second-order valence-corrected chi connectivity index (χ2v) is 1.95. The van der Waals surface area contributed by atoms with Crippen LogP contribution in [0.2, 0.25) is 0 Å². The van der Waals surface area contributed by atoms with Gasteiger partial charge >= 0.3 is 0 Å². The minimum absolute atomic E-state index is 0.208. The van der Waals surface area contributed by atoms with E-state index in [-0.39, 0.29) is 4.60 Å². The predicted octanol–water partition coefficient (Wildman–Crippen LogP) is 1.78. The summed E-state index contributed by atoms with van der Waals surface area (Å²) in [5.41, 5.74) is 0. The summed E-state index contributed by atoms with van der Waals surface area (Å²) in [6, 6.07) is 3.74. The van der Waals surface area contributed by atoms with E-state index in [0.29, 0.717) is 0 Å². The fourth-order valence-corrected chi connectivity index (χ4v) is 0.562. The van der Waals surface area contributed by atoms with Crippen LogP contribution in [0.3, 0.4) is 0 Å². The van der Waals surface area contributed by atoms with Crippen molar-refractivity contribution in [3.8, 4) is 0 Å². The first kappa shape index (κ1) is 5.69. The average molecular weight is 175 g/mol. The molecule has 1 nitrogen and oxygen atoms in total. The fourth-order valence-electron chi connectivity index (χ4n) is 0.329. The van der Waals surface area contributed by atoms with Crippen molar-refractivity contribution in [3.63, 3.8) is 0 Å². The lowest BCUT2D eigenvalue weighted by atomic mass is 10.5. The molecule has 0 aliphatic rings. The summed E-state index contributed by atoms with van der Waals surface area (Å²) in [4.78, 5) is 3.59. The van der Waals surface area contributed by atoms with Gasteiger partial charge in [0, 0.05) is 12.3 Å². The van der Waals surface area contributed by atoms with Crippen LogP contribution in [-0.4, -0.2) is 4.98 Å². The van der Waals surface area contributed by atoms with Gasteiger partial charge in [0.05, 0.1) is 0 Å². The number of hydrogen-bond donors (Lipinski definition) is 0. The van der Waals surface area contributed by atoms with Gasteiger partial charge in [-0.1, -0.05) is 0 Å². The van der Waals surface area contributed by atoms with E-state index < -0.39 is 5.82 Å². The Bertz CT molecular complexity index is 169. The molecule has 1 aromatic rings. The Labute approximate surface area is 54.7 Å². The monoisotopic (exact) mass is 174 g/mol. The molecule has 0 amide bonds. The van der Waals surface area contributed by atoms with E-state index in [0.717, 1.165) is 0 Å². The van der Waals surface area contributed by atoms with Gasteiger partial charge in [-0.3, -0.25) is 0 Å². The SMILES string of the molecule is Fc1[c]ccnc1Br. The van der Waals surface area contributed by atoms with Gasteiger partial charge in [0.25, 0.3) is 0 Å². The van der Waals surface area contributed by atoms with Crippen LogP contribution in [0.4, 0.5) is 4.39 Å². The molecule has 0 aromatic carbocycles. The summed E-state index contributed by atoms with van der Waals surface area (Å²) in [5.74, 6) is -0.451. The molecule has 0 unspecified atom stereocenters. The fraction of sp³-hybridized carbons (Fsp3) is 0. The zero-order valence-electron chi connectivity index (χ0n) is 3.86. The lowest BCUT2D eigenvalue weighted by molar-refractivity contribution is 0.610. The van der Waals surface area contributed by atoms with Gasteiger partial charge < -0.3 is 0 Å². The van der Waals surface area contributed by atoms with E-state index in [1.54, 1.807) is 0 Å². The molecule has 1 rings (SSSR count). The van der Waals surface area contributed by atoms with Crippen molar-refractivity contribution >= 4 is 15.9 Å². The normalized spacial score (nSPS) is 9.25. The largest absolute Gasteiger partial charge is 0.246 e. The maximum Gasteiger partial charge on any atom is 0.163 e. The Morgan fingerprint density at radius 1 is 1.75 bits per heavy atom. The van der Waals surface area contributed by atoms with Gasteiger partial charge in [-0.05, 0) is 22.0 Å². The minimum Gasteiger partial charge on any atom is -0.246 e. The van der Waals surface area contributed by atoms with Gasteiger partial charge in [0.15, 0.2) is 5.82 Å². The van der Waals surface area contributed by atoms with Crippen LogP contribution in [-0.2, 0) is 0 Å². The number of nitrogens with zero attached hydrogens (tertiary/aromatic N) is 1. The quantitative estimate of drug-likeness (QED) is 0.547. The molecular weight excluding hydrogens is 173 g/mol. The maximum atomic E-state index is 12.2. The third-order valence-corrected chi connectivity index (χ3v) is 1.21.